The second-order valence-electron chi connectivity index (χ2n) is 3.79. The minimum Gasteiger partial charge on any atom is -0.399 e. The first-order valence-electron chi connectivity index (χ1n) is 5.39. The van der Waals surface area contributed by atoms with Gasteiger partial charge in [-0.05, 0) is 24.3 Å². The Bertz CT molecular complexity index is 743. The molecule has 0 unspecified atom stereocenters. The van der Waals surface area contributed by atoms with Crippen LogP contribution in [-0.4, -0.2) is 24.3 Å². The molecule has 0 spiro atoms. The fourth-order valence-electron chi connectivity index (χ4n) is 1.43. The van der Waals surface area contributed by atoms with E-state index in [4.69, 9.17) is 11.5 Å². The van der Waals surface area contributed by atoms with Crippen LogP contribution >= 0.6 is 0 Å². The van der Waals surface area contributed by atoms with Gasteiger partial charge in [-0.3, -0.25) is 9.52 Å². The van der Waals surface area contributed by atoms with E-state index in [0.717, 1.165) is 0 Å². The maximum Gasteiger partial charge on any atom is 0.271 e. The number of primary amides is 1. The molecule has 0 saturated heterocycles. The summed E-state index contributed by atoms with van der Waals surface area (Å²) in [6.45, 7) is 0. The number of nitrogens with zero attached hydrogens (tertiary/aromatic N) is 2. The molecule has 1 aromatic carbocycles. The quantitative estimate of drug-likeness (QED) is 0.675. The Morgan fingerprint density at radius 3 is 2.30 bits per heavy atom. The Kier molecular flexibility index (Phi) is 3.53. The summed E-state index contributed by atoms with van der Waals surface area (Å²) in [7, 11) is -3.90. The van der Waals surface area contributed by atoms with Gasteiger partial charge in [0.25, 0.3) is 15.9 Å². The average molecular weight is 293 g/mol. The summed E-state index contributed by atoms with van der Waals surface area (Å²) in [5.41, 5.74) is 10.8. The zero-order chi connectivity index (χ0) is 14.8. The van der Waals surface area contributed by atoms with Crippen molar-refractivity contribution in [1.82, 2.24) is 9.97 Å². The van der Waals surface area contributed by atoms with Crippen LogP contribution in [0.5, 0.6) is 0 Å². The van der Waals surface area contributed by atoms with Crippen molar-refractivity contribution in [3.63, 3.8) is 0 Å². The van der Waals surface area contributed by atoms with Crippen molar-refractivity contribution in [2.45, 2.75) is 4.90 Å². The van der Waals surface area contributed by atoms with Gasteiger partial charge in [0, 0.05) is 18.1 Å². The lowest BCUT2D eigenvalue weighted by atomic mass is 10.3. The van der Waals surface area contributed by atoms with Crippen LogP contribution in [0.4, 0.5) is 11.5 Å². The van der Waals surface area contributed by atoms with Crippen LogP contribution in [0.1, 0.15) is 10.5 Å². The SMILES string of the molecule is NC(=O)c1nccnc1NS(=O)(=O)c1ccc(N)cc1. The van der Waals surface area contributed by atoms with E-state index in [1.54, 1.807) is 0 Å². The molecule has 0 aliphatic heterocycles. The normalized spacial score (nSPS) is 11.0. The number of carbonyl (C=O) groups excluding carboxylic acids is 1. The lowest BCUT2D eigenvalue weighted by Crippen LogP contribution is -2.21. The van der Waals surface area contributed by atoms with Gasteiger partial charge in [-0.25, -0.2) is 18.4 Å². The number of carbonyl (C=O) groups is 1. The third-order valence-electron chi connectivity index (χ3n) is 2.35. The predicted molar refractivity (Wildman–Crippen MR) is 72.2 cm³/mol. The number of aromatic nitrogens is 2. The molecule has 0 aliphatic rings. The molecule has 9 heteroatoms. The van der Waals surface area contributed by atoms with Crippen LogP contribution in [0.3, 0.4) is 0 Å². The summed E-state index contributed by atoms with van der Waals surface area (Å²) < 4.78 is 26.4. The van der Waals surface area contributed by atoms with Crippen molar-refractivity contribution in [3.8, 4) is 0 Å². The van der Waals surface area contributed by atoms with Crippen molar-refractivity contribution in [2.75, 3.05) is 10.5 Å². The number of rotatable bonds is 4. The van der Waals surface area contributed by atoms with E-state index >= 15 is 0 Å². The number of nitrogens with two attached hydrogens (primary N) is 2. The Hall–Kier alpha value is -2.68. The largest absolute Gasteiger partial charge is 0.399 e. The zero-order valence-electron chi connectivity index (χ0n) is 10.1. The summed E-state index contributed by atoms with van der Waals surface area (Å²) in [6, 6.07) is 5.55. The molecule has 5 N–H and O–H groups in total. The molecule has 20 heavy (non-hydrogen) atoms. The summed E-state index contributed by atoms with van der Waals surface area (Å²) in [4.78, 5) is 18.6. The van der Waals surface area contributed by atoms with Gasteiger partial charge in [0.2, 0.25) is 0 Å². The fourth-order valence-corrected chi connectivity index (χ4v) is 2.44. The Morgan fingerprint density at radius 2 is 1.70 bits per heavy atom. The van der Waals surface area contributed by atoms with Crippen molar-refractivity contribution in [2.24, 2.45) is 5.73 Å². The van der Waals surface area contributed by atoms with Gasteiger partial charge in [-0.1, -0.05) is 0 Å². The number of nitrogens with one attached hydrogen (secondary N) is 1. The first kappa shape index (κ1) is 13.7. The number of nitrogen functional groups attached to an aromatic ring is 1. The molecule has 0 aliphatic carbocycles. The minimum atomic E-state index is -3.90. The molecule has 0 fully saturated rings. The van der Waals surface area contributed by atoms with E-state index in [1.807, 2.05) is 0 Å². The van der Waals surface area contributed by atoms with E-state index in [9.17, 15) is 13.2 Å². The van der Waals surface area contributed by atoms with E-state index < -0.39 is 15.9 Å². The molecule has 0 bridgehead atoms. The zero-order valence-corrected chi connectivity index (χ0v) is 11.0. The highest BCUT2D eigenvalue weighted by molar-refractivity contribution is 7.92. The van der Waals surface area contributed by atoms with Crippen LogP contribution < -0.4 is 16.2 Å². The molecular formula is C11H11N5O3S. The monoisotopic (exact) mass is 293 g/mol. The van der Waals surface area contributed by atoms with Gasteiger partial charge >= 0.3 is 0 Å². The first-order chi connectivity index (χ1) is 9.40. The number of sulfonamides is 1. The summed E-state index contributed by atoms with van der Waals surface area (Å²) in [5.74, 6) is -1.11. The molecule has 0 radical (unpaired) electrons. The van der Waals surface area contributed by atoms with E-state index in [1.165, 1.54) is 36.7 Å². The third kappa shape index (κ3) is 2.83. The van der Waals surface area contributed by atoms with Crippen LogP contribution in [0, 0.1) is 0 Å². The average Bonchev–Trinajstić information content (AvgIpc) is 2.39. The van der Waals surface area contributed by atoms with E-state index in [-0.39, 0.29) is 16.4 Å². The summed E-state index contributed by atoms with van der Waals surface area (Å²) in [5, 5.41) is 0. The van der Waals surface area contributed by atoms with Crippen LogP contribution in [0.15, 0.2) is 41.6 Å². The fraction of sp³-hybridized carbons (Fsp3) is 0. The number of hydrogen-bond acceptors (Lipinski definition) is 6. The summed E-state index contributed by atoms with van der Waals surface area (Å²) in [6.07, 6.45) is 2.48. The molecule has 8 nitrogen and oxygen atoms in total. The smallest absolute Gasteiger partial charge is 0.271 e. The molecular weight excluding hydrogens is 282 g/mol. The maximum atomic E-state index is 12.1. The van der Waals surface area contributed by atoms with Crippen molar-refractivity contribution >= 4 is 27.4 Å². The number of anilines is 2. The highest BCUT2D eigenvalue weighted by atomic mass is 32.2. The standard InChI is InChI=1S/C11H11N5O3S/c12-7-1-3-8(4-2-7)20(18,19)16-11-9(10(13)17)14-5-6-15-11/h1-6H,12H2,(H2,13,17)(H,15,16). The Morgan fingerprint density at radius 1 is 1.10 bits per heavy atom. The minimum absolute atomic E-state index is 0.0206. The lowest BCUT2D eigenvalue weighted by molar-refractivity contribution is 0.0996. The topological polar surface area (TPSA) is 141 Å². The van der Waals surface area contributed by atoms with E-state index in [2.05, 4.69) is 14.7 Å². The van der Waals surface area contributed by atoms with Crippen LogP contribution in [0.2, 0.25) is 0 Å². The molecule has 2 aromatic rings. The molecule has 0 saturated carbocycles. The predicted octanol–water partition coefficient (Wildman–Crippen LogP) is -0.0415. The van der Waals surface area contributed by atoms with Crippen molar-refractivity contribution < 1.29 is 13.2 Å². The van der Waals surface area contributed by atoms with Crippen molar-refractivity contribution in [3.05, 3.63) is 42.4 Å². The van der Waals surface area contributed by atoms with Crippen molar-refractivity contribution in [1.29, 1.82) is 0 Å². The van der Waals surface area contributed by atoms with Gasteiger partial charge in [-0.2, -0.15) is 0 Å². The number of benzene rings is 1. The van der Waals surface area contributed by atoms with Crippen LogP contribution in [0.25, 0.3) is 0 Å². The van der Waals surface area contributed by atoms with Crippen LogP contribution in [-0.2, 0) is 10.0 Å². The van der Waals surface area contributed by atoms with Gasteiger partial charge in [-0.15, -0.1) is 0 Å². The van der Waals surface area contributed by atoms with Gasteiger partial charge in [0.15, 0.2) is 11.5 Å². The molecule has 1 amide bonds. The lowest BCUT2D eigenvalue weighted by Gasteiger charge is -2.09. The van der Waals surface area contributed by atoms with E-state index in [0.29, 0.717) is 5.69 Å². The first-order valence-corrected chi connectivity index (χ1v) is 6.87. The number of amides is 1. The third-order valence-corrected chi connectivity index (χ3v) is 3.71. The molecule has 2 rings (SSSR count). The highest BCUT2D eigenvalue weighted by Gasteiger charge is 2.19. The maximum absolute atomic E-state index is 12.1. The highest BCUT2D eigenvalue weighted by Crippen LogP contribution is 2.17. The van der Waals surface area contributed by atoms with Gasteiger partial charge in [0.1, 0.15) is 0 Å². The molecule has 0 atom stereocenters. The summed E-state index contributed by atoms with van der Waals surface area (Å²) >= 11 is 0. The van der Waals surface area contributed by atoms with Gasteiger partial charge < -0.3 is 11.5 Å². The molecule has 1 aromatic heterocycles. The molecule has 1 heterocycles. The Labute approximate surface area is 114 Å². The second kappa shape index (κ2) is 5.13. The second-order valence-corrected chi connectivity index (χ2v) is 5.47. The molecule has 104 valence electrons. The van der Waals surface area contributed by atoms with Gasteiger partial charge in [0.05, 0.1) is 4.90 Å². The number of hydrogen-bond donors (Lipinski definition) is 3. The Balaban J connectivity index is 2.38.